The molecule has 57 valence electrons. The Balaban J connectivity index is 2.69. The normalized spacial score (nSPS) is 9.18. The van der Waals surface area contributed by atoms with E-state index in [2.05, 4.69) is 16.5 Å². The van der Waals surface area contributed by atoms with E-state index in [1.807, 2.05) is 6.92 Å². The molecule has 0 atom stereocenters. The van der Waals surface area contributed by atoms with Crippen molar-refractivity contribution < 1.29 is 4.79 Å². The molecule has 1 rings (SSSR count). The number of nitrogens with one attached hydrogen (secondary N) is 1. The van der Waals surface area contributed by atoms with E-state index in [1.54, 1.807) is 12.1 Å². The maximum Gasteiger partial charge on any atom is 0.252 e. The van der Waals surface area contributed by atoms with Crippen LogP contribution in [-0.2, 0) is 0 Å². The molecule has 0 aliphatic heterocycles. The van der Waals surface area contributed by atoms with Gasteiger partial charge in [0.1, 0.15) is 0 Å². The van der Waals surface area contributed by atoms with Crippen LogP contribution < -0.4 is 5.32 Å². The van der Waals surface area contributed by atoms with Crippen LogP contribution in [0.15, 0.2) is 18.3 Å². The molecule has 0 fully saturated rings. The van der Waals surface area contributed by atoms with Gasteiger partial charge in [0.25, 0.3) is 5.91 Å². The highest BCUT2D eigenvalue weighted by Crippen LogP contribution is 1.93. The molecule has 3 nitrogen and oxygen atoms in total. The number of rotatable bonds is 2. The van der Waals surface area contributed by atoms with E-state index in [1.165, 1.54) is 6.20 Å². The third-order valence-electron chi connectivity index (χ3n) is 1.22. The fourth-order valence-corrected chi connectivity index (χ4v) is 0.717. The van der Waals surface area contributed by atoms with Crippen LogP contribution in [0.25, 0.3) is 0 Å². The van der Waals surface area contributed by atoms with Gasteiger partial charge in [-0.25, -0.2) is 0 Å². The van der Waals surface area contributed by atoms with Gasteiger partial charge in [0.15, 0.2) is 0 Å². The van der Waals surface area contributed by atoms with Crippen LogP contribution in [0.1, 0.15) is 17.3 Å². The summed E-state index contributed by atoms with van der Waals surface area (Å²) in [6.07, 6.45) is 4.09. The minimum Gasteiger partial charge on any atom is -0.352 e. The summed E-state index contributed by atoms with van der Waals surface area (Å²) in [5.74, 6) is -0.0889. The number of hydrogen-bond donors (Lipinski definition) is 1. The number of amides is 1. The number of hydrogen-bond acceptors (Lipinski definition) is 2. The molecule has 1 radical (unpaired) electrons. The van der Waals surface area contributed by atoms with E-state index in [9.17, 15) is 4.79 Å². The third-order valence-corrected chi connectivity index (χ3v) is 1.22. The molecule has 0 saturated heterocycles. The molecule has 1 aromatic heterocycles. The fraction of sp³-hybridized carbons (Fsp3) is 0.250. The second-order valence-electron chi connectivity index (χ2n) is 2.04. The second kappa shape index (κ2) is 3.71. The van der Waals surface area contributed by atoms with E-state index in [0.717, 1.165) is 0 Å². The molecule has 0 aromatic carbocycles. The maximum atomic E-state index is 11.1. The summed E-state index contributed by atoms with van der Waals surface area (Å²) < 4.78 is 0. The summed E-state index contributed by atoms with van der Waals surface area (Å²) in [6.45, 7) is 2.51. The Hall–Kier alpha value is -1.38. The molecule has 0 unspecified atom stereocenters. The molecular formula is C8H9N2O. The Bertz CT molecular complexity index is 233. The molecule has 11 heavy (non-hydrogen) atoms. The summed E-state index contributed by atoms with van der Waals surface area (Å²) in [4.78, 5) is 14.8. The molecule has 1 N–H and O–H groups in total. The van der Waals surface area contributed by atoms with Crippen molar-refractivity contribution in [3.63, 3.8) is 0 Å². The van der Waals surface area contributed by atoms with Crippen molar-refractivity contribution in [2.45, 2.75) is 6.92 Å². The first-order chi connectivity index (χ1) is 5.34. The zero-order valence-corrected chi connectivity index (χ0v) is 6.29. The molecule has 0 aliphatic rings. The first-order valence-corrected chi connectivity index (χ1v) is 3.45. The number of aromatic nitrogens is 1. The van der Waals surface area contributed by atoms with Crippen molar-refractivity contribution in [1.82, 2.24) is 10.3 Å². The van der Waals surface area contributed by atoms with E-state index < -0.39 is 0 Å². The number of carbonyl (C=O) groups excluding carboxylic acids is 1. The lowest BCUT2D eigenvalue weighted by molar-refractivity contribution is 0.0955. The molecule has 1 heterocycles. The van der Waals surface area contributed by atoms with Crippen molar-refractivity contribution in [3.05, 3.63) is 30.1 Å². The van der Waals surface area contributed by atoms with Gasteiger partial charge in [-0.1, -0.05) is 0 Å². The van der Waals surface area contributed by atoms with E-state index in [4.69, 9.17) is 0 Å². The topological polar surface area (TPSA) is 42.0 Å². The monoisotopic (exact) mass is 149 g/mol. The summed E-state index contributed by atoms with van der Waals surface area (Å²) in [5.41, 5.74) is 0.575. The van der Waals surface area contributed by atoms with Crippen molar-refractivity contribution in [3.8, 4) is 0 Å². The number of pyridine rings is 1. The molecule has 0 saturated carbocycles. The zero-order valence-electron chi connectivity index (χ0n) is 6.29. The zero-order chi connectivity index (χ0) is 8.10. The van der Waals surface area contributed by atoms with Gasteiger partial charge in [0.2, 0.25) is 0 Å². The molecule has 0 bridgehead atoms. The van der Waals surface area contributed by atoms with Gasteiger partial charge in [-0.05, 0) is 19.1 Å². The first-order valence-electron chi connectivity index (χ1n) is 3.45. The van der Waals surface area contributed by atoms with Gasteiger partial charge in [-0.2, -0.15) is 0 Å². The minimum atomic E-state index is -0.0889. The molecule has 3 heteroatoms. The molecule has 1 amide bonds. The van der Waals surface area contributed by atoms with Crippen LogP contribution in [0, 0.1) is 6.20 Å². The van der Waals surface area contributed by atoms with Gasteiger partial charge in [-0.15, -0.1) is 0 Å². The Morgan fingerprint density at radius 2 is 2.64 bits per heavy atom. The number of nitrogens with zero attached hydrogens (tertiary/aromatic N) is 1. The van der Waals surface area contributed by atoms with Crippen molar-refractivity contribution in [1.29, 1.82) is 0 Å². The summed E-state index contributed by atoms with van der Waals surface area (Å²) in [5, 5.41) is 2.67. The van der Waals surface area contributed by atoms with E-state index >= 15 is 0 Å². The minimum absolute atomic E-state index is 0.0889. The Morgan fingerprint density at radius 3 is 3.18 bits per heavy atom. The fourth-order valence-electron chi connectivity index (χ4n) is 0.717. The third kappa shape index (κ3) is 2.04. The van der Waals surface area contributed by atoms with Crippen LogP contribution in [0.2, 0.25) is 0 Å². The quantitative estimate of drug-likeness (QED) is 0.670. The van der Waals surface area contributed by atoms with Crippen molar-refractivity contribution >= 4 is 5.91 Å². The smallest absolute Gasteiger partial charge is 0.252 e. The Morgan fingerprint density at radius 1 is 1.82 bits per heavy atom. The maximum absolute atomic E-state index is 11.1. The van der Waals surface area contributed by atoms with Crippen LogP contribution in [0.4, 0.5) is 0 Å². The largest absolute Gasteiger partial charge is 0.352 e. The number of carbonyl (C=O) groups is 1. The molecular weight excluding hydrogens is 140 g/mol. The SMILES string of the molecule is CCNC(=O)c1cc[c]nc1. The van der Waals surface area contributed by atoms with E-state index in [0.29, 0.717) is 12.1 Å². The average molecular weight is 149 g/mol. The summed E-state index contributed by atoms with van der Waals surface area (Å²) in [6, 6.07) is 3.29. The van der Waals surface area contributed by atoms with Gasteiger partial charge in [0, 0.05) is 12.7 Å². The highest BCUT2D eigenvalue weighted by molar-refractivity contribution is 5.93. The molecule has 1 aromatic rings. The van der Waals surface area contributed by atoms with E-state index in [-0.39, 0.29) is 5.91 Å². The van der Waals surface area contributed by atoms with Crippen molar-refractivity contribution in [2.24, 2.45) is 0 Å². The molecule has 0 spiro atoms. The van der Waals surface area contributed by atoms with Crippen LogP contribution in [-0.4, -0.2) is 17.4 Å². The van der Waals surface area contributed by atoms with Crippen LogP contribution >= 0.6 is 0 Å². The van der Waals surface area contributed by atoms with Crippen LogP contribution in [0.5, 0.6) is 0 Å². The second-order valence-corrected chi connectivity index (χ2v) is 2.04. The van der Waals surface area contributed by atoms with Gasteiger partial charge >= 0.3 is 0 Å². The van der Waals surface area contributed by atoms with Crippen LogP contribution in [0.3, 0.4) is 0 Å². The molecule has 0 aliphatic carbocycles. The van der Waals surface area contributed by atoms with Gasteiger partial charge in [-0.3, -0.25) is 9.78 Å². The average Bonchev–Trinajstić information content (AvgIpc) is 2.07. The first kappa shape index (κ1) is 7.72. The lowest BCUT2D eigenvalue weighted by Crippen LogP contribution is -2.22. The predicted molar refractivity (Wildman–Crippen MR) is 41.1 cm³/mol. The van der Waals surface area contributed by atoms with Crippen molar-refractivity contribution in [2.75, 3.05) is 6.54 Å². The predicted octanol–water partition coefficient (Wildman–Crippen LogP) is 0.631. The lowest BCUT2D eigenvalue weighted by atomic mass is 10.3. The Kier molecular flexibility index (Phi) is 2.60. The standard InChI is InChI=1S/C8H9N2O/c1-2-10-8(11)7-4-3-5-9-6-7/h3-4,6H,2H2,1H3,(H,10,11). The summed E-state index contributed by atoms with van der Waals surface area (Å²) >= 11 is 0. The highest BCUT2D eigenvalue weighted by Gasteiger charge is 2.00. The summed E-state index contributed by atoms with van der Waals surface area (Å²) in [7, 11) is 0. The highest BCUT2D eigenvalue weighted by atomic mass is 16.1. The van der Waals surface area contributed by atoms with Gasteiger partial charge < -0.3 is 5.32 Å². The lowest BCUT2D eigenvalue weighted by Gasteiger charge is -1.98. The Labute approximate surface area is 65.5 Å². The van der Waals surface area contributed by atoms with Gasteiger partial charge in [0.05, 0.1) is 11.8 Å².